The molecule has 25 heavy (non-hydrogen) atoms. The van der Waals surface area contributed by atoms with Gasteiger partial charge < -0.3 is 23.8 Å². The number of methoxy groups -OCH3 is 2. The summed E-state index contributed by atoms with van der Waals surface area (Å²) in [7, 11) is 3.30. The summed E-state index contributed by atoms with van der Waals surface area (Å²) < 4.78 is 22.7. The molecule has 0 N–H and O–H groups in total. The van der Waals surface area contributed by atoms with E-state index in [0.29, 0.717) is 24.7 Å². The number of benzene rings is 1. The molecule has 1 unspecified atom stereocenters. The van der Waals surface area contributed by atoms with Gasteiger partial charge in [0.2, 0.25) is 0 Å². The van der Waals surface area contributed by atoms with E-state index in [9.17, 15) is 0 Å². The van der Waals surface area contributed by atoms with Crippen molar-refractivity contribution >= 4 is 16.6 Å². The van der Waals surface area contributed by atoms with Gasteiger partial charge in [-0.15, -0.1) is 0 Å². The van der Waals surface area contributed by atoms with Crippen LogP contribution < -0.4 is 14.4 Å². The summed E-state index contributed by atoms with van der Waals surface area (Å²) in [5.41, 5.74) is 1.86. The van der Waals surface area contributed by atoms with E-state index in [0.717, 1.165) is 49.1 Å². The van der Waals surface area contributed by atoms with E-state index in [2.05, 4.69) is 16.0 Å². The third-order valence-electron chi connectivity index (χ3n) is 5.10. The van der Waals surface area contributed by atoms with Crippen molar-refractivity contribution in [2.75, 3.05) is 52.0 Å². The molecule has 2 aromatic rings. The second kappa shape index (κ2) is 6.69. The molecule has 1 aromatic carbocycles. The van der Waals surface area contributed by atoms with Gasteiger partial charge in [0.15, 0.2) is 11.5 Å². The van der Waals surface area contributed by atoms with Gasteiger partial charge in [0.1, 0.15) is 5.60 Å². The topological polar surface area (TPSA) is 53.1 Å². The van der Waals surface area contributed by atoms with Gasteiger partial charge >= 0.3 is 0 Å². The molecule has 0 radical (unpaired) electrons. The van der Waals surface area contributed by atoms with Crippen LogP contribution in [0.3, 0.4) is 0 Å². The minimum atomic E-state index is -0.192. The van der Waals surface area contributed by atoms with Gasteiger partial charge in [-0.2, -0.15) is 0 Å². The molecule has 0 bridgehead atoms. The number of fused-ring (bicyclic) bond motifs is 1. The second-order valence-electron chi connectivity index (χ2n) is 6.66. The van der Waals surface area contributed by atoms with Crippen LogP contribution in [-0.2, 0) is 9.47 Å². The first-order chi connectivity index (χ1) is 12.2. The van der Waals surface area contributed by atoms with Gasteiger partial charge in [0.05, 0.1) is 33.0 Å². The highest BCUT2D eigenvalue weighted by Gasteiger charge is 2.39. The lowest BCUT2D eigenvalue weighted by atomic mass is 9.94. The van der Waals surface area contributed by atoms with Crippen molar-refractivity contribution in [1.82, 2.24) is 4.98 Å². The number of ether oxygens (including phenoxy) is 4. The van der Waals surface area contributed by atoms with Crippen molar-refractivity contribution in [3.05, 3.63) is 24.4 Å². The Bertz CT molecular complexity index is 753. The summed E-state index contributed by atoms with van der Waals surface area (Å²) in [6.07, 6.45) is 3.95. The number of nitrogens with zero attached hydrogens (tertiary/aromatic N) is 2. The largest absolute Gasteiger partial charge is 0.493 e. The Morgan fingerprint density at radius 2 is 2.00 bits per heavy atom. The van der Waals surface area contributed by atoms with Crippen LogP contribution in [-0.4, -0.2) is 57.7 Å². The average Bonchev–Trinajstić information content (AvgIpc) is 2.67. The normalized spacial score (nSPS) is 23.8. The van der Waals surface area contributed by atoms with Gasteiger partial charge in [-0.05, 0) is 25.0 Å². The monoisotopic (exact) mass is 344 g/mol. The molecule has 1 atom stereocenters. The fraction of sp³-hybridized carbons (Fsp3) is 0.526. The number of pyridine rings is 1. The quantitative estimate of drug-likeness (QED) is 0.853. The number of anilines is 1. The Balaban J connectivity index is 1.73. The van der Waals surface area contributed by atoms with Crippen LogP contribution >= 0.6 is 0 Å². The van der Waals surface area contributed by atoms with E-state index in [1.165, 1.54) is 0 Å². The van der Waals surface area contributed by atoms with Gasteiger partial charge in [-0.3, -0.25) is 4.98 Å². The molecule has 6 heteroatoms. The molecule has 2 aliphatic heterocycles. The fourth-order valence-corrected chi connectivity index (χ4v) is 3.85. The molecule has 134 valence electrons. The van der Waals surface area contributed by atoms with Gasteiger partial charge in [-0.1, -0.05) is 0 Å². The van der Waals surface area contributed by atoms with Crippen molar-refractivity contribution in [1.29, 1.82) is 0 Å². The third-order valence-corrected chi connectivity index (χ3v) is 5.10. The molecule has 2 aliphatic rings. The lowest BCUT2D eigenvalue weighted by Crippen LogP contribution is -2.56. The highest BCUT2D eigenvalue weighted by molar-refractivity contribution is 5.94. The van der Waals surface area contributed by atoms with Crippen LogP contribution in [0.25, 0.3) is 10.9 Å². The van der Waals surface area contributed by atoms with Crippen LogP contribution in [0.2, 0.25) is 0 Å². The van der Waals surface area contributed by atoms with Crippen molar-refractivity contribution < 1.29 is 18.9 Å². The van der Waals surface area contributed by atoms with Crippen molar-refractivity contribution in [2.45, 2.75) is 18.4 Å². The summed E-state index contributed by atoms with van der Waals surface area (Å²) >= 11 is 0. The number of rotatable bonds is 3. The van der Waals surface area contributed by atoms with Crippen LogP contribution in [0.5, 0.6) is 11.5 Å². The molecule has 3 heterocycles. The lowest BCUT2D eigenvalue weighted by molar-refractivity contribution is -0.133. The maximum atomic E-state index is 6.12. The van der Waals surface area contributed by atoms with E-state index in [4.69, 9.17) is 18.9 Å². The van der Waals surface area contributed by atoms with Gasteiger partial charge in [0, 0.05) is 43.0 Å². The standard InChI is InChI=1S/C19H24N2O4/c1-22-17-10-14-15(11-18(17)23-2)20-6-4-16(14)21-7-9-25-19(12-21)5-3-8-24-13-19/h4,6,10-11H,3,5,7-9,12-13H2,1-2H3. The molecule has 1 spiro atoms. The summed E-state index contributed by atoms with van der Waals surface area (Å²) in [4.78, 5) is 6.89. The predicted octanol–water partition coefficient (Wildman–Crippen LogP) is 2.64. The first kappa shape index (κ1) is 16.4. The number of aromatic nitrogens is 1. The smallest absolute Gasteiger partial charge is 0.162 e. The molecular weight excluding hydrogens is 320 g/mol. The molecule has 0 amide bonds. The maximum absolute atomic E-state index is 6.12. The Morgan fingerprint density at radius 3 is 2.76 bits per heavy atom. The summed E-state index contributed by atoms with van der Waals surface area (Å²) in [6.45, 7) is 3.90. The van der Waals surface area contributed by atoms with Gasteiger partial charge in [0.25, 0.3) is 0 Å². The average molecular weight is 344 g/mol. The number of hydrogen-bond donors (Lipinski definition) is 0. The molecule has 2 fully saturated rings. The van der Waals surface area contributed by atoms with E-state index < -0.39 is 0 Å². The zero-order chi connectivity index (χ0) is 17.3. The second-order valence-corrected chi connectivity index (χ2v) is 6.66. The Morgan fingerprint density at radius 1 is 1.16 bits per heavy atom. The van der Waals surface area contributed by atoms with Crippen LogP contribution in [0, 0.1) is 0 Å². The van der Waals surface area contributed by atoms with Crippen molar-refractivity contribution in [3.8, 4) is 11.5 Å². The Labute approximate surface area is 147 Å². The Kier molecular flexibility index (Phi) is 4.39. The fourth-order valence-electron chi connectivity index (χ4n) is 3.85. The molecular formula is C19H24N2O4. The van der Waals surface area contributed by atoms with E-state index in [1.54, 1.807) is 14.2 Å². The van der Waals surface area contributed by atoms with E-state index >= 15 is 0 Å². The molecule has 0 saturated carbocycles. The van der Waals surface area contributed by atoms with E-state index in [1.807, 2.05) is 18.3 Å². The van der Waals surface area contributed by atoms with Crippen LogP contribution in [0.15, 0.2) is 24.4 Å². The third kappa shape index (κ3) is 3.00. The zero-order valence-electron chi connectivity index (χ0n) is 14.8. The maximum Gasteiger partial charge on any atom is 0.162 e. The van der Waals surface area contributed by atoms with Crippen molar-refractivity contribution in [3.63, 3.8) is 0 Å². The summed E-state index contributed by atoms with van der Waals surface area (Å²) in [6, 6.07) is 6.00. The van der Waals surface area contributed by atoms with E-state index in [-0.39, 0.29) is 5.60 Å². The molecule has 1 aromatic heterocycles. The molecule has 2 saturated heterocycles. The first-order valence-corrected chi connectivity index (χ1v) is 8.72. The number of morpholine rings is 1. The minimum Gasteiger partial charge on any atom is -0.493 e. The van der Waals surface area contributed by atoms with Crippen LogP contribution in [0.1, 0.15) is 12.8 Å². The summed E-state index contributed by atoms with van der Waals surface area (Å²) in [5.74, 6) is 1.41. The predicted molar refractivity (Wildman–Crippen MR) is 95.8 cm³/mol. The number of hydrogen-bond acceptors (Lipinski definition) is 6. The highest BCUT2D eigenvalue weighted by Crippen LogP contribution is 2.37. The highest BCUT2D eigenvalue weighted by atomic mass is 16.5. The SMILES string of the molecule is COc1cc2nccc(N3CCOC4(CCCOC4)C3)c2cc1OC. The molecule has 4 rings (SSSR count). The minimum absolute atomic E-state index is 0.192. The summed E-state index contributed by atoms with van der Waals surface area (Å²) in [5, 5.41) is 1.06. The van der Waals surface area contributed by atoms with Gasteiger partial charge in [-0.25, -0.2) is 0 Å². The first-order valence-electron chi connectivity index (χ1n) is 8.72. The van der Waals surface area contributed by atoms with Crippen LogP contribution in [0.4, 0.5) is 5.69 Å². The molecule has 0 aliphatic carbocycles. The lowest BCUT2D eigenvalue weighted by Gasteiger charge is -2.45. The Hall–Kier alpha value is -2.05. The van der Waals surface area contributed by atoms with Crippen molar-refractivity contribution in [2.24, 2.45) is 0 Å². The zero-order valence-corrected chi connectivity index (χ0v) is 14.8. The molecule has 6 nitrogen and oxygen atoms in total.